The van der Waals surface area contributed by atoms with Crippen molar-refractivity contribution in [1.29, 1.82) is 0 Å². The molecule has 2 N–H and O–H groups in total. The Morgan fingerprint density at radius 2 is 1.88 bits per heavy atom. The van der Waals surface area contributed by atoms with Crippen molar-refractivity contribution in [3.8, 4) is 0 Å². The van der Waals surface area contributed by atoms with Crippen LogP contribution in [0.5, 0.6) is 0 Å². The van der Waals surface area contributed by atoms with Crippen molar-refractivity contribution in [3.05, 3.63) is 23.8 Å². The van der Waals surface area contributed by atoms with E-state index in [1.54, 1.807) is 23.9 Å². The van der Waals surface area contributed by atoms with Crippen molar-refractivity contribution in [2.45, 2.75) is 48.7 Å². The van der Waals surface area contributed by atoms with E-state index in [9.17, 15) is 8.78 Å². The Bertz CT molecular complexity index is 376. The summed E-state index contributed by atoms with van der Waals surface area (Å²) < 4.78 is 25.8. The first-order valence-corrected chi connectivity index (χ1v) is 6.89. The third-order valence-electron chi connectivity index (χ3n) is 3.11. The van der Waals surface area contributed by atoms with E-state index < -0.39 is 6.43 Å². The molecule has 0 atom stereocenters. The van der Waals surface area contributed by atoms with Crippen molar-refractivity contribution in [2.75, 3.05) is 5.73 Å². The Morgan fingerprint density at radius 1 is 1.18 bits per heavy atom. The van der Waals surface area contributed by atoms with Gasteiger partial charge in [0.2, 0.25) is 0 Å². The second kappa shape index (κ2) is 5.71. The van der Waals surface area contributed by atoms with Gasteiger partial charge in [-0.1, -0.05) is 19.3 Å². The van der Waals surface area contributed by atoms with Crippen LogP contribution in [-0.2, 0) is 0 Å². The summed E-state index contributed by atoms with van der Waals surface area (Å²) in [5.74, 6) is 0. The van der Waals surface area contributed by atoms with Crippen LogP contribution in [0.3, 0.4) is 0 Å². The number of nitrogens with two attached hydrogens (primary N) is 1. The summed E-state index contributed by atoms with van der Waals surface area (Å²) in [6, 6.07) is 4.84. The first kappa shape index (κ1) is 12.7. The minimum atomic E-state index is -2.44. The SMILES string of the molecule is Nc1ccc(SC2CCCCC2)c(C(F)F)c1. The average Bonchev–Trinajstić information content (AvgIpc) is 2.32. The third kappa shape index (κ3) is 3.35. The van der Waals surface area contributed by atoms with Crippen molar-refractivity contribution < 1.29 is 8.78 Å². The van der Waals surface area contributed by atoms with Gasteiger partial charge in [0.1, 0.15) is 0 Å². The summed E-state index contributed by atoms with van der Waals surface area (Å²) in [5.41, 5.74) is 6.05. The molecule has 1 saturated carbocycles. The summed E-state index contributed by atoms with van der Waals surface area (Å²) >= 11 is 1.59. The van der Waals surface area contributed by atoms with Gasteiger partial charge in [-0.05, 0) is 31.0 Å². The van der Waals surface area contributed by atoms with Gasteiger partial charge in [0, 0.05) is 21.4 Å². The molecule has 0 saturated heterocycles. The van der Waals surface area contributed by atoms with Gasteiger partial charge in [-0.2, -0.15) is 0 Å². The number of benzene rings is 1. The van der Waals surface area contributed by atoms with Crippen LogP contribution < -0.4 is 5.73 Å². The zero-order valence-electron chi connectivity index (χ0n) is 9.66. The van der Waals surface area contributed by atoms with Crippen molar-refractivity contribution in [2.24, 2.45) is 0 Å². The molecule has 0 bridgehead atoms. The maximum atomic E-state index is 12.9. The summed E-state index contributed by atoms with van der Waals surface area (Å²) in [7, 11) is 0. The zero-order valence-corrected chi connectivity index (χ0v) is 10.5. The molecule has 17 heavy (non-hydrogen) atoms. The Morgan fingerprint density at radius 3 is 2.53 bits per heavy atom. The monoisotopic (exact) mass is 257 g/mol. The first-order chi connectivity index (χ1) is 8.16. The zero-order chi connectivity index (χ0) is 12.3. The minimum absolute atomic E-state index is 0.0839. The lowest BCUT2D eigenvalue weighted by Crippen LogP contribution is -2.08. The Kier molecular flexibility index (Phi) is 4.26. The number of halogens is 2. The highest BCUT2D eigenvalue weighted by Crippen LogP contribution is 2.38. The molecule has 0 radical (unpaired) electrons. The number of hydrogen-bond acceptors (Lipinski definition) is 2. The molecule has 0 spiro atoms. The fraction of sp³-hybridized carbons (Fsp3) is 0.538. The van der Waals surface area contributed by atoms with E-state index in [1.807, 2.05) is 0 Å². The molecule has 94 valence electrons. The van der Waals surface area contributed by atoms with Crippen LogP contribution in [0.1, 0.15) is 44.1 Å². The van der Waals surface area contributed by atoms with E-state index in [4.69, 9.17) is 5.73 Å². The van der Waals surface area contributed by atoms with Gasteiger partial charge in [-0.25, -0.2) is 8.78 Å². The molecule has 2 rings (SSSR count). The molecule has 1 aromatic rings. The van der Waals surface area contributed by atoms with Gasteiger partial charge in [-0.15, -0.1) is 11.8 Å². The van der Waals surface area contributed by atoms with E-state index in [2.05, 4.69) is 0 Å². The number of rotatable bonds is 3. The van der Waals surface area contributed by atoms with Gasteiger partial charge >= 0.3 is 0 Å². The summed E-state index contributed by atoms with van der Waals surface area (Å²) in [6.07, 6.45) is 3.55. The molecule has 1 aliphatic rings. The fourth-order valence-electron chi connectivity index (χ4n) is 2.21. The van der Waals surface area contributed by atoms with Gasteiger partial charge < -0.3 is 5.73 Å². The summed E-state index contributed by atoms with van der Waals surface area (Å²) in [6.45, 7) is 0. The standard InChI is InChI=1S/C13H17F2NS/c14-13(15)11-8-9(16)6-7-12(11)17-10-4-2-1-3-5-10/h6-8,10,13H,1-5,16H2. The molecular weight excluding hydrogens is 240 g/mol. The van der Waals surface area contributed by atoms with Gasteiger partial charge in [0.05, 0.1) is 0 Å². The Labute approximate surface area is 105 Å². The number of thioether (sulfide) groups is 1. The second-order valence-electron chi connectivity index (χ2n) is 4.48. The molecule has 0 amide bonds. The lowest BCUT2D eigenvalue weighted by molar-refractivity contribution is 0.148. The smallest absolute Gasteiger partial charge is 0.265 e. The maximum Gasteiger partial charge on any atom is 0.265 e. The van der Waals surface area contributed by atoms with Crippen molar-refractivity contribution >= 4 is 17.4 Å². The van der Waals surface area contributed by atoms with Gasteiger partial charge in [0.15, 0.2) is 0 Å². The van der Waals surface area contributed by atoms with E-state index in [0.29, 0.717) is 15.8 Å². The molecule has 0 aromatic heterocycles. The van der Waals surface area contributed by atoms with Gasteiger partial charge in [-0.3, -0.25) is 0 Å². The predicted octanol–water partition coefficient (Wildman–Crippen LogP) is 4.63. The number of alkyl halides is 2. The molecule has 1 aromatic carbocycles. The van der Waals surface area contributed by atoms with E-state index in [0.717, 1.165) is 12.8 Å². The number of nitrogen functional groups attached to an aromatic ring is 1. The van der Waals surface area contributed by atoms with Crippen LogP contribution >= 0.6 is 11.8 Å². The average molecular weight is 257 g/mol. The highest BCUT2D eigenvalue weighted by atomic mass is 32.2. The molecular formula is C13H17F2NS. The minimum Gasteiger partial charge on any atom is -0.399 e. The molecule has 0 aliphatic heterocycles. The molecule has 0 heterocycles. The largest absolute Gasteiger partial charge is 0.399 e. The van der Waals surface area contributed by atoms with E-state index >= 15 is 0 Å². The predicted molar refractivity (Wildman–Crippen MR) is 68.5 cm³/mol. The molecule has 1 fully saturated rings. The number of hydrogen-bond donors (Lipinski definition) is 1. The highest BCUT2D eigenvalue weighted by molar-refractivity contribution is 8.00. The summed E-state index contributed by atoms with van der Waals surface area (Å²) in [4.78, 5) is 0.695. The third-order valence-corrected chi connectivity index (χ3v) is 4.55. The van der Waals surface area contributed by atoms with Crippen LogP contribution in [0.4, 0.5) is 14.5 Å². The number of anilines is 1. The quantitative estimate of drug-likeness (QED) is 0.799. The maximum absolute atomic E-state index is 12.9. The lowest BCUT2D eigenvalue weighted by Gasteiger charge is -2.22. The molecule has 1 aliphatic carbocycles. The van der Waals surface area contributed by atoms with Gasteiger partial charge in [0.25, 0.3) is 6.43 Å². The normalized spacial score (nSPS) is 17.6. The summed E-state index contributed by atoms with van der Waals surface area (Å²) in [5, 5.41) is 0.491. The van der Waals surface area contributed by atoms with Crippen LogP contribution in [0, 0.1) is 0 Å². The molecule has 4 heteroatoms. The fourth-order valence-corrected chi connectivity index (χ4v) is 3.57. The molecule has 1 nitrogen and oxygen atoms in total. The Balaban J connectivity index is 2.13. The second-order valence-corrected chi connectivity index (χ2v) is 5.82. The van der Waals surface area contributed by atoms with E-state index in [1.165, 1.54) is 25.3 Å². The van der Waals surface area contributed by atoms with Crippen LogP contribution in [0.15, 0.2) is 23.1 Å². The van der Waals surface area contributed by atoms with Crippen molar-refractivity contribution in [1.82, 2.24) is 0 Å². The van der Waals surface area contributed by atoms with E-state index in [-0.39, 0.29) is 5.56 Å². The van der Waals surface area contributed by atoms with Crippen LogP contribution in [0.2, 0.25) is 0 Å². The molecule has 0 unspecified atom stereocenters. The Hall–Kier alpha value is -0.770. The lowest BCUT2D eigenvalue weighted by atomic mass is 10.0. The van der Waals surface area contributed by atoms with Crippen molar-refractivity contribution in [3.63, 3.8) is 0 Å². The first-order valence-electron chi connectivity index (χ1n) is 6.01. The van der Waals surface area contributed by atoms with Crippen LogP contribution in [-0.4, -0.2) is 5.25 Å². The topological polar surface area (TPSA) is 26.0 Å². The van der Waals surface area contributed by atoms with Crippen LogP contribution in [0.25, 0.3) is 0 Å². The highest BCUT2D eigenvalue weighted by Gasteiger charge is 2.19.